The molecule has 0 fully saturated rings. The first-order valence-electron chi connectivity index (χ1n) is 4.84. The maximum absolute atomic E-state index is 4.05. The van der Waals surface area contributed by atoms with E-state index in [4.69, 9.17) is 0 Å². The number of allylic oxidation sites excluding steroid dienone is 2. The molecule has 0 atom stereocenters. The monoisotopic (exact) mass is 196 g/mol. The Morgan fingerprint density at radius 1 is 1.00 bits per heavy atom. The molecule has 0 bridgehead atoms. The number of benzene rings is 1. The van der Waals surface area contributed by atoms with Crippen LogP contribution in [0.25, 0.3) is 25.3 Å². The molecule has 0 radical (unpaired) electrons. The number of aryl methyl sites for hydroxylation is 1. The zero-order valence-corrected chi connectivity index (χ0v) is 9.22. The molecule has 0 aliphatic carbocycles. The fraction of sp³-hybridized carbons (Fsp3) is 0.0667. The van der Waals surface area contributed by atoms with Crippen molar-refractivity contribution in [3.05, 3.63) is 57.8 Å². The number of hydrogen-bond donors (Lipinski definition) is 0. The summed E-state index contributed by atoms with van der Waals surface area (Å²) in [6.45, 7) is 17.5. The summed E-state index contributed by atoms with van der Waals surface area (Å²) in [5.41, 5.74) is 1.18. The third-order valence-corrected chi connectivity index (χ3v) is 2.42. The molecule has 0 N–H and O–H groups in total. The van der Waals surface area contributed by atoms with Crippen molar-refractivity contribution in [2.45, 2.75) is 6.92 Å². The molecule has 0 amide bonds. The number of rotatable bonds is 2. The second-order valence-electron chi connectivity index (χ2n) is 3.46. The Bertz CT molecular complexity index is 601. The van der Waals surface area contributed by atoms with Gasteiger partial charge in [-0.2, -0.15) is 0 Å². The van der Waals surface area contributed by atoms with E-state index in [1.165, 1.54) is 5.56 Å². The SMILES string of the molecule is C=C/C=c1/cc(C)/c(=C/C=C)c(=C)c1=C. The van der Waals surface area contributed by atoms with Gasteiger partial charge in [-0.1, -0.05) is 56.7 Å². The molecule has 0 heterocycles. The highest BCUT2D eigenvalue weighted by atomic mass is 14.0. The van der Waals surface area contributed by atoms with Crippen LogP contribution in [0.1, 0.15) is 5.56 Å². The third kappa shape index (κ3) is 2.16. The first-order chi connectivity index (χ1) is 7.11. The van der Waals surface area contributed by atoms with E-state index in [-0.39, 0.29) is 0 Å². The van der Waals surface area contributed by atoms with Gasteiger partial charge in [0.05, 0.1) is 0 Å². The lowest BCUT2D eigenvalue weighted by molar-refractivity contribution is 1.31. The molecular weight excluding hydrogens is 180 g/mol. The molecule has 0 saturated carbocycles. The van der Waals surface area contributed by atoms with Gasteiger partial charge in [-0.05, 0) is 33.4 Å². The highest BCUT2D eigenvalue weighted by Crippen LogP contribution is 1.78. The fourth-order valence-electron chi connectivity index (χ4n) is 1.60. The van der Waals surface area contributed by atoms with Gasteiger partial charge in [-0.3, -0.25) is 0 Å². The summed E-state index contributed by atoms with van der Waals surface area (Å²) in [5.74, 6) is 0. The molecule has 0 aliphatic heterocycles. The van der Waals surface area contributed by atoms with Gasteiger partial charge in [-0.25, -0.2) is 0 Å². The molecule has 0 aliphatic rings. The lowest BCUT2D eigenvalue weighted by Crippen LogP contribution is -2.47. The molecule has 15 heavy (non-hydrogen) atoms. The van der Waals surface area contributed by atoms with E-state index in [2.05, 4.69) is 39.3 Å². The summed E-state index contributed by atoms with van der Waals surface area (Å²) in [4.78, 5) is 0. The molecule has 0 heteroatoms. The Morgan fingerprint density at radius 2 is 1.60 bits per heavy atom. The normalized spacial score (nSPS) is 12.9. The Hall–Kier alpha value is -1.82. The minimum absolute atomic E-state index is 0.952. The van der Waals surface area contributed by atoms with Crippen LogP contribution in [0.15, 0.2) is 31.4 Å². The Labute approximate surface area is 90.6 Å². The summed E-state index contributed by atoms with van der Waals surface area (Å²) in [7, 11) is 0. The van der Waals surface area contributed by atoms with Gasteiger partial charge in [-0.15, -0.1) is 0 Å². The van der Waals surface area contributed by atoms with E-state index < -0.39 is 0 Å². The maximum atomic E-state index is 4.05. The Morgan fingerprint density at radius 3 is 2.13 bits per heavy atom. The molecule has 0 aromatic heterocycles. The molecule has 1 aromatic carbocycles. The quantitative estimate of drug-likeness (QED) is 0.655. The van der Waals surface area contributed by atoms with Crippen molar-refractivity contribution >= 4 is 25.3 Å². The fourth-order valence-corrected chi connectivity index (χ4v) is 1.60. The third-order valence-electron chi connectivity index (χ3n) is 2.42. The Balaban J connectivity index is 3.92. The van der Waals surface area contributed by atoms with E-state index in [1.807, 2.05) is 12.2 Å². The van der Waals surface area contributed by atoms with Crippen molar-refractivity contribution in [3.63, 3.8) is 0 Å². The van der Waals surface area contributed by atoms with Crippen molar-refractivity contribution in [2.24, 2.45) is 0 Å². The van der Waals surface area contributed by atoms with Crippen molar-refractivity contribution < 1.29 is 0 Å². The lowest BCUT2D eigenvalue weighted by Gasteiger charge is -1.97. The van der Waals surface area contributed by atoms with Crippen molar-refractivity contribution in [1.82, 2.24) is 0 Å². The van der Waals surface area contributed by atoms with Crippen LogP contribution in [0.5, 0.6) is 0 Å². The van der Waals surface area contributed by atoms with Gasteiger partial charge in [0.1, 0.15) is 0 Å². The molecule has 1 rings (SSSR count). The highest BCUT2D eigenvalue weighted by molar-refractivity contribution is 5.44. The van der Waals surface area contributed by atoms with Crippen LogP contribution in [0, 0.1) is 6.92 Å². The predicted molar refractivity (Wildman–Crippen MR) is 70.0 cm³/mol. The largest absolute Gasteiger partial charge is 0.0990 e. The second kappa shape index (κ2) is 4.61. The van der Waals surface area contributed by atoms with Crippen molar-refractivity contribution in [3.8, 4) is 0 Å². The van der Waals surface area contributed by atoms with Crippen LogP contribution >= 0.6 is 0 Å². The minimum atomic E-state index is 0.952. The minimum Gasteiger partial charge on any atom is -0.0990 e. The predicted octanol–water partition coefficient (Wildman–Crippen LogP) is 0.749. The van der Waals surface area contributed by atoms with Crippen molar-refractivity contribution in [2.75, 3.05) is 0 Å². The average molecular weight is 196 g/mol. The van der Waals surface area contributed by atoms with E-state index in [9.17, 15) is 0 Å². The molecule has 0 saturated heterocycles. The zero-order valence-electron chi connectivity index (χ0n) is 9.22. The van der Waals surface area contributed by atoms with Gasteiger partial charge in [0.15, 0.2) is 0 Å². The molecule has 0 nitrogen and oxygen atoms in total. The maximum Gasteiger partial charge on any atom is -0.0155 e. The molecule has 0 unspecified atom stereocenters. The summed E-state index contributed by atoms with van der Waals surface area (Å²) in [6, 6.07) is 2.09. The van der Waals surface area contributed by atoms with Gasteiger partial charge in [0, 0.05) is 0 Å². The van der Waals surface area contributed by atoms with Gasteiger partial charge < -0.3 is 0 Å². The lowest BCUT2D eigenvalue weighted by atomic mass is 10.1. The van der Waals surface area contributed by atoms with Crippen molar-refractivity contribution in [1.29, 1.82) is 0 Å². The smallest absolute Gasteiger partial charge is 0.0155 e. The molecule has 76 valence electrons. The first kappa shape index (κ1) is 11.3. The second-order valence-corrected chi connectivity index (χ2v) is 3.46. The molecule has 1 aromatic rings. The standard InChI is InChI=1S/C15H16/c1-6-8-14-10-11(3)15(9-7-2)13(5)12(14)4/h6-10H,1-2,4-5H2,3H3/b14-8-,15-9-. The summed E-state index contributed by atoms with van der Waals surface area (Å²) in [6.07, 6.45) is 7.44. The highest BCUT2D eigenvalue weighted by Gasteiger charge is 1.92. The van der Waals surface area contributed by atoms with Crippen LogP contribution in [-0.2, 0) is 0 Å². The van der Waals surface area contributed by atoms with Crippen LogP contribution in [-0.4, -0.2) is 0 Å². The zero-order chi connectivity index (χ0) is 11.4. The molecule has 0 spiro atoms. The summed E-state index contributed by atoms with van der Waals surface area (Å²) in [5, 5.41) is 4.10. The summed E-state index contributed by atoms with van der Waals surface area (Å²) < 4.78 is 0. The van der Waals surface area contributed by atoms with E-state index in [0.717, 1.165) is 20.9 Å². The van der Waals surface area contributed by atoms with E-state index >= 15 is 0 Å². The van der Waals surface area contributed by atoms with Crippen LogP contribution in [0.4, 0.5) is 0 Å². The first-order valence-corrected chi connectivity index (χ1v) is 4.84. The summed E-state index contributed by atoms with van der Waals surface area (Å²) >= 11 is 0. The average Bonchev–Trinajstić information content (AvgIpc) is 2.21. The van der Waals surface area contributed by atoms with Gasteiger partial charge in [0.2, 0.25) is 0 Å². The van der Waals surface area contributed by atoms with Crippen LogP contribution in [0.2, 0.25) is 0 Å². The van der Waals surface area contributed by atoms with E-state index in [0.29, 0.717) is 0 Å². The number of hydrogen-bond acceptors (Lipinski definition) is 0. The van der Waals surface area contributed by atoms with Crippen LogP contribution in [0.3, 0.4) is 0 Å². The Kier molecular flexibility index (Phi) is 3.46. The molecular formula is C15H16. The van der Waals surface area contributed by atoms with Gasteiger partial charge >= 0.3 is 0 Å². The van der Waals surface area contributed by atoms with Gasteiger partial charge in [0.25, 0.3) is 0 Å². The van der Waals surface area contributed by atoms with Crippen LogP contribution < -0.4 is 20.9 Å². The topological polar surface area (TPSA) is 0 Å². The van der Waals surface area contributed by atoms with E-state index in [1.54, 1.807) is 12.2 Å².